The maximum absolute atomic E-state index is 12.6. The number of amides is 1. The Kier molecular flexibility index (Phi) is 4.85. The van der Waals surface area contributed by atoms with Gasteiger partial charge in [-0.25, -0.2) is 0 Å². The molecule has 2 aliphatic rings. The highest BCUT2D eigenvalue weighted by atomic mass is 32.2. The maximum Gasteiger partial charge on any atom is 0.293 e. The Morgan fingerprint density at radius 3 is 2.71 bits per heavy atom. The fourth-order valence-corrected chi connectivity index (χ4v) is 4.34. The van der Waals surface area contributed by atoms with Crippen molar-refractivity contribution in [3.63, 3.8) is 0 Å². The highest BCUT2D eigenvalue weighted by molar-refractivity contribution is 8.00. The van der Waals surface area contributed by atoms with Crippen LogP contribution in [0.4, 0.5) is 0 Å². The summed E-state index contributed by atoms with van der Waals surface area (Å²) < 4.78 is 5.37. The minimum atomic E-state index is -0.00425. The molecule has 0 unspecified atom stereocenters. The zero-order chi connectivity index (χ0) is 14.7. The van der Waals surface area contributed by atoms with E-state index in [-0.39, 0.29) is 5.91 Å². The molecule has 1 saturated carbocycles. The van der Waals surface area contributed by atoms with Crippen LogP contribution in [-0.2, 0) is 0 Å². The molecule has 1 N–H and O–H groups in total. The van der Waals surface area contributed by atoms with Crippen molar-refractivity contribution in [2.24, 2.45) is 0 Å². The number of aromatic nitrogens is 1. The molecule has 5 nitrogen and oxygen atoms in total. The average Bonchev–Trinajstić information content (AvgIpc) is 2.90. The Bertz CT molecular complexity index is 491. The third-order valence-corrected chi connectivity index (χ3v) is 5.77. The van der Waals surface area contributed by atoms with Gasteiger partial charge in [-0.2, -0.15) is 0 Å². The summed E-state index contributed by atoms with van der Waals surface area (Å²) >= 11 is 1.80. The van der Waals surface area contributed by atoms with Crippen molar-refractivity contribution in [2.45, 2.75) is 49.2 Å². The number of rotatable bonds is 3. The highest BCUT2D eigenvalue weighted by Crippen LogP contribution is 2.37. The molecule has 2 fully saturated rings. The first-order valence-electron chi connectivity index (χ1n) is 7.88. The second kappa shape index (κ2) is 6.83. The lowest BCUT2D eigenvalue weighted by atomic mass is 10.0. The molecule has 21 heavy (non-hydrogen) atoms. The first-order valence-corrected chi connectivity index (χ1v) is 8.76. The summed E-state index contributed by atoms with van der Waals surface area (Å²) in [5, 5.41) is 7.90. The van der Waals surface area contributed by atoms with Gasteiger partial charge >= 0.3 is 0 Å². The van der Waals surface area contributed by atoms with Crippen molar-refractivity contribution >= 4 is 17.7 Å². The van der Waals surface area contributed by atoms with Gasteiger partial charge in [0.25, 0.3) is 5.91 Å². The van der Waals surface area contributed by atoms with E-state index in [1.165, 1.54) is 32.1 Å². The summed E-state index contributed by atoms with van der Waals surface area (Å²) in [6.07, 6.45) is 6.39. The Balaban J connectivity index is 1.74. The lowest BCUT2D eigenvalue weighted by Gasteiger charge is -2.27. The zero-order valence-electron chi connectivity index (χ0n) is 12.6. The maximum atomic E-state index is 12.6. The Hall–Kier alpha value is -1.01. The van der Waals surface area contributed by atoms with Crippen LogP contribution < -0.4 is 5.32 Å². The van der Waals surface area contributed by atoms with Crippen molar-refractivity contribution in [1.82, 2.24) is 15.4 Å². The molecule has 0 spiro atoms. The van der Waals surface area contributed by atoms with Gasteiger partial charge in [-0.3, -0.25) is 4.79 Å². The summed E-state index contributed by atoms with van der Waals surface area (Å²) in [5.74, 6) is 0.445. The number of hydrogen-bond donors (Lipinski definition) is 1. The van der Waals surface area contributed by atoms with Gasteiger partial charge in [-0.05, 0) is 19.8 Å². The molecule has 2 heterocycles. The molecule has 0 atom stereocenters. The predicted molar refractivity (Wildman–Crippen MR) is 82.7 cm³/mol. The van der Waals surface area contributed by atoms with Crippen molar-refractivity contribution in [2.75, 3.05) is 26.2 Å². The lowest BCUT2D eigenvalue weighted by Crippen LogP contribution is -2.46. The van der Waals surface area contributed by atoms with E-state index in [0.29, 0.717) is 11.0 Å². The third kappa shape index (κ3) is 3.43. The van der Waals surface area contributed by atoms with Gasteiger partial charge in [0.15, 0.2) is 0 Å². The summed E-state index contributed by atoms with van der Waals surface area (Å²) in [6, 6.07) is 0. The first-order chi connectivity index (χ1) is 10.3. The molecule has 3 rings (SSSR count). The molecule has 6 heteroatoms. The Labute approximate surface area is 129 Å². The summed E-state index contributed by atoms with van der Waals surface area (Å²) in [5.41, 5.74) is 0.851. The van der Waals surface area contributed by atoms with E-state index >= 15 is 0 Å². The van der Waals surface area contributed by atoms with Crippen LogP contribution in [-0.4, -0.2) is 47.4 Å². The molecular weight excluding hydrogens is 286 g/mol. The van der Waals surface area contributed by atoms with E-state index in [4.69, 9.17) is 4.52 Å². The minimum absolute atomic E-state index is 0.00425. The van der Waals surface area contributed by atoms with Gasteiger partial charge in [0.1, 0.15) is 0 Å². The molecular formula is C15H23N3O2S. The molecule has 1 amide bonds. The molecule has 1 aliphatic carbocycles. The average molecular weight is 309 g/mol. The first kappa shape index (κ1) is 14.9. The van der Waals surface area contributed by atoms with E-state index < -0.39 is 0 Å². The third-order valence-electron chi connectivity index (χ3n) is 4.24. The van der Waals surface area contributed by atoms with E-state index in [2.05, 4.69) is 10.5 Å². The topological polar surface area (TPSA) is 58.4 Å². The number of thioether (sulfide) groups is 1. The van der Waals surface area contributed by atoms with E-state index in [1.807, 2.05) is 11.8 Å². The fraction of sp³-hybridized carbons (Fsp3) is 0.733. The molecule has 0 bridgehead atoms. The van der Waals surface area contributed by atoms with Crippen molar-refractivity contribution in [1.29, 1.82) is 0 Å². The van der Waals surface area contributed by atoms with Crippen LogP contribution in [0.2, 0.25) is 0 Å². The standard InChI is InChI=1S/C15H23N3O2S/c1-11-14(21-12-5-3-2-4-6-12)13(20-17-11)15(19)18-9-7-16-8-10-18/h12,16H,2-10H2,1H3. The number of nitrogens with one attached hydrogen (secondary N) is 1. The van der Waals surface area contributed by atoms with Crippen LogP contribution in [0.1, 0.15) is 48.4 Å². The van der Waals surface area contributed by atoms with Crippen LogP contribution in [0.5, 0.6) is 0 Å². The molecule has 1 aromatic heterocycles. The minimum Gasteiger partial charge on any atom is -0.350 e. The van der Waals surface area contributed by atoms with Crippen molar-refractivity contribution < 1.29 is 9.32 Å². The van der Waals surface area contributed by atoms with Crippen molar-refractivity contribution in [3.8, 4) is 0 Å². The lowest BCUT2D eigenvalue weighted by molar-refractivity contribution is 0.0689. The normalized spacial score (nSPS) is 20.7. The molecule has 0 radical (unpaired) electrons. The van der Waals surface area contributed by atoms with Gasteiger partial charge < -0.3 is 14.7 Å². The fourth-order valence-electron chi connectivity index (χ4n) is 3.00. The van der Waals surface area contributed by atoms with Crippen molar-refractivity contribution in [3.05, 3.63) is 11.5 Å². The Morgan fingerprint density at radius 2 is 2.00 bits per heavy atom. The van der Waals surface area contributed by atoms with E-state index in [0.717, 1.165) is 36.8 Å². The monoisotopic (exact) mass is 309 g/mol. The highest BCUT2D eigenvalue weighted by Gasteiger charge is 2.28. The quantitative estimate of drug-likeness (QED) is 0.929. The second-order valence-electron chi connectivity index (χ2n) is 5.85. The number of nitrogens with zero attached hydrogens (tertiary/aromatic N) is 2. The van der Waals surface area contributed by atoms with Crippen LogP contribution in [0.15, 0.2) is 9.42 Å². The SMILES string of the molecule is Cc1noc(C(=O)N2CCNCC2)c1SC1CCCCC1. The molecule has 1 saturated heterocycles. The predicted octanol–water partition coefficient (Wildman–Crippen LogP) is 2.45. The zero-order valence-corrected chi connectivity index (χ0v) is 13.4. The smallest absolute Gasteiger partial charge is 0.293 e. The van der Waals surface area contributed by atoms with Gasteiger partial charge in [0, 0.05) is 31.4 Å². The van der Waals surface area contributed by atoms with Crippen LogP contribution in [0.25, 0.3) is 0 Å². The number of carbonyl (C=O) groups excluding carboxylic acids is 1. The summed E-state index contributed by atoms with van der Waals surface area (Å²) in [4.78, 5) is 15.5. The molecule has 1 aliphatic heterocycles. The second-order valence-corrected chi connectivity index (χ2v) is 7.16. The number of hydrogen-bond acceptors (Lipinski definition) is 5. The number of aryl methyl sites for hydroxylation is 1. The van der Waals surface area contributed by atoms with E-state index in [1.54, 1.807) is 11.8 Å². The molecule has 0 aromatic carbocycles. The van der Waals surface area contributed by atoms with Gasteiger partial charge in [0.2, 0.25) is 5.76 Å². The number of piperazine rings is 1. The van der Waals surface area contributed by atoms with Gasteiger partial charge in [-0.15, -0.1) is 11.8 Å². The van der Waals surface area contributed by atoms with Crippen LogP contribution in [0.3, 0.4) is 0 Å². The molecule has 116 valence electrons. The van der Waals surface area contributed by atoms with Gasteiger partial charge in [-0.1, -0.05) is 24.4 Å². The molecule has 1 aromatic rings. The largest absolute Gasteiger partial charge is 0.350 e. The summed E-state index contributed by atoms with van der Waals surface area (Å²) in [6.45, 7) is 5.12. The summed E-state index contributed by atoms with van der Waals surface area (Å²) in [7, 11) is 0. The van der Waals surface area contributed by atoms with Gasteiger partial charge in [0.05, 0.1) is 10.6 Å². The Morgan fingerprint density at radius 1 is 1.29 bits per heavy atom. The van der Waals surface area contributed by atoms with Crippen LogP contribution in [0, 0.1) is 6.92 Å². The number of carbonyl (C=O) groups is 1. The van der Waals surface area contributed by atoms with Crippen LogP contribution >= 0.6 is 11.8 Å². The van der Waals surface area contributed by atoms with E-state index in [9.17, 15) is 4.79 Å².